The van der Waals surface area contributed by atoms with Crippen LogP contribution in [0.4, 0.5) is 10.5 Å². The second kappa shape index (κ2) is 8.19. The second-order valence-corrected chi connectivity index (χ2v) is 5.52. The largest absolute Gasteiger partial charge is 0.334 e. The molecule has 0 spiro atoms. The molecule has 0 unspecified atom stereocenters. The lowest BCUT2D eigenvalue weighted by molar-refractivity contribution is -0.115. The van der Waals surface area contributed by atoms with Crippen molar-refractivity contribution in [3.8, 4) is 0 Å². The van der Waals surface area contributed by atoms with Gasteiger partial charge in [-0.15, -0.1) is 0 Å². The van der Waals surface area contributed by atoms with Gasteiger partial charge >= 0.3 is 6.03 Å². The molecular weight excluding hydrogens is 314 g/mol. The summed E-state index contributed by atoms with van der Waals surface area (Å²) in [7, 11) is 0. The number of nitrogens with one attached hydrogen (secondary N) is 3. The molecule has 0 bridgehead atoms. The summed E-state index contributed by atoms with van der Waals surface area (Å²) < 4.78 is 0. The number of anilines is 1. The summed E-state index contributed by atoms with van der Waals surface area (Å²) in [4.78, 5) is 23.4. The van der Waals surface area contributed by atoms with E-state index in [1.165, 1.54) is 0 Å². The van der Waals surface area contributed by atoms with E-state index in [9.17, 15) is 9.59 Å². The second-order valence-electron chi connectivity index (χ2n) is 5.08. The fourth-order valence-electron chi connectivity index (χ4n) is 1.88. The third kappa shape index (κ3) is 6.00. The average molecular weight is 332 g/mol. The fraction of sp³-hybridized carbons (Fsp3) is 0.176. The van der Waals surface area contributed by atoms with Gasteiger partial charge in [0.05, 0.1) is 6.54 Å². The number of amides is 3. The van der Waals surface area contributed by atoms with E-state index in [-0.39, 0.29) is 12.5 Å². The molecule has 0 aromatic heterocycles. The summed E-state index contributed by atoms with van der Waals surface area (Å²) in [6, 6.07) is 14.3. The topological polar surface area (TPSA) is 70.2 Å². The Morgan fingerprint density at radius 2 is 1.78 bits per heavy atom. The summed E-state index contributed by atoms with van der Waals surface area (Å²) in [5, 5.41) is 8.39. The predicted octanol–water partition coefficient (Wildman–Crippen LogP) is 3.09. The van der Waals surface area contributed by atoms with Gasteiger partial charge in [-0.25, -0.2) is 4.79 Å². The van der Waals surface area contributed by atoms with Gasteiger partial charge in [0.2, 0.25) is 5.91 Å². The summed E-state index contributed by atoms with van der Waals surface area (Å²) in [5.74, 6) is -0.322. The van der Waals surface area contributed by atoms with E-state index < -0.39 is 6.03 Å². The van der Waals surface area contributed by atoms with Gasteiger partial charge in [-0.2, -0.15) is 0 Å². The highest BCUT2D eigenvalue weighted by atomic mass is 35.5. The maximum atomic E-state index is 11.7. The van der Waals surface area contributed by atoms with Crippen LogP contribution in [0.2, 0.25) is 5.02 Å². The number of benzene rings is 2. The van der Waals surface area contributed by atoms with Gasteiger partial charge in [0, 0.05) is 17.3 Å². The number of hydrogen-bond donors (Lipinski definition) is 3. The first kappa shape index (κ1) is 16.8. The first-order chi connectivity index (χ1) is 11.0. The van der Waals surface area contributed by atoms with E-state index in [1.54, 1.807) is 24.3 Å². The molecule has 0 saturated heterocycles. The van der Waals surface area contributed by atoms with Gasteiger partial charge in [0.1, 0.15) is 0 Å². The SMILES string of the molecule is Cc1ccc(CNC(=O)NCC(=O)Nc2cccc(Cl)c2)cc1. The zero-order chi connectivity index (χ0) is 16.7. The van der Waals surface area contributed by atoms with Gasteiger partial charge in [-0.1, -0.05) is 47.5 Å². The highest BCUT2D eigenvalue weighted by Crippen LogP contribution is 2.14. The van der Waals surface area contributed by atoms with Crippen LogP contribution in [0.3, 0.4) is 0 Å². The Morgan fingerprint density at radius 3 is 2.48 bits per heavy atom. The summed E-state index contributed by atoms with van der Waals surface area (Å²) in [6.45, 7) is 2.29. The molecule has 3 N–H and O–H groups in total. The molecule has 0 aliphatic heterocycles. The summed E-state index contributed by atoms with van der Waals surface area (Å²) >= 11 is 5.83. The number of urea groups is 1. The molecule has 0 fully saturated rings. The van der Waals surface area contributed by atoms with E-state index in [4.69, 9.17) is 11.6 Å². The molecule has 0 saturated carbocycles. The van der Waals surface area contributed by atoms with Gasteiger partial charge in [-0.05, 0) is 30.7 Å². The van der Waals surface area contributed by atoms with Crippen molar-refractivity contribution in [2.75, 3.05) is 11.9 Å². The van der Waals surface area contributed by atoms with Crippen LogP contribution < -0.4 is 16.0 Å². The minimum Gasteiger partial charge on any atom is -0.334 e. The van der Waals surface area contributed by atoms with Crippen LogP contribution in [0.15, 0.2) is 48.5 Å². The molecule has 6 heteroatoms. The maximum Gasteiger partial charge on any atom is 0.315 e. The van der Waals surface area contributed by atoms with Crippen LogP contribution in [0.5, 0.6) is 0 Å². The Kier molecular flexibility index (Phi) is 6.00. The van der Waals surface area contributed by atoms with Crippen molar-refractivity contribution in [2.24, 2.45) is 0 Å². The third-order valence-corrected chi connectivity index (χ3v) is 3.33. The van der Waals surface area contributed by atoms with Gasteiger partial charge in [0.15, 0.2) is 0 Å². The quantitative estimate of drug-likeness (QED) is 0.788. The highest BCUT2D eigenvalue weighted by molar-refractivity contribution is 6.30. The normalized spacial score (nSPS) is 10.0. The zero-order valence-electron chi connectivity index (χ0n) is 12.7. The molecule has 23 heavy (non-hydrogen) atoms. The lowest BCUT2D eigenvalue weighted by Crippen LogP contribution is -2.39. The minimum absolute atomic E-state index is 0.119. The summed E-state index contributed by atoms with van der Waals surface area (Å²) in [6.07, 6.45) is 0. The Morgan fingerprint density at radius 1 is 1.04 bits per heavy atom. The molecule has 5 nitrogen and oxygen atoms in total. The Bertz CT molecular complexity index is 686. The Balaban J connectivity index is 1.71. The minimum atomic E-state index is -0.396. The number of carbonyl (C=O) groups excluding carboxylic acids is 2. The number of aryl methyl sites for hydroxylation is 1. The van der Waals surface area contributed by atoms with Gasteiger partial charge in [-0.3, -0.25) is 4.79 Å². The van der Waals surface area contributed by atoms with Crippen LogP contribution in [-0.4, -0.2) is 18.5 Å². The van der Waals surface area contributed by atoms with E-state index >= 15 is 0 Å². The first-order valence-electron chi connectivity index (χ1n) is 7.15. The fourth-order valence-corrected chi connectivity index (χ4v) is 2.07. The van der Waals surface area contributed by atoms with Gasteiger partial charge < -0.3 is 16.0 Å². The zero-order valence-corrected chi connectivity index (χ0v) is 13.5. The predicted molar refractivity (Wildman–Crippen MR) is 91.5 cm³/mol. The lowest BCUT2D eigenvalue weighted by Gasteiger charge is -2.09. The maximum absolute atomic E-state index is 11.7. The molecule has 2 aromatic rings. The van der Waals surface area contributed by atoms with E-state index in [0.717, 1.165) is 11.1 Å². The number of carbonyl (C=O) groups is 2. The van der Waals surface area contributed by atoms with Crippen molar-refractivity contribution >= 4 is 29.2 Å². The van der Waals surface area contributed by atoms with Crippen molar-refractivity contribution in [3.05, 3.63) is 64.7 Å². The van der Waals surface area contributed by atoms with Crippen molar-refractivity contribution in [1.82, 2.24) is 10.6 Å². The highest BCUT2D eigenvalue weighted by Gasteiger charge is 2.06. The summed E-state index contributed by atoms with van der Waals surface area (Å²) in [5.41, 5.74) is 2.74. The number of rotatable bonds is 5. The molecular formula is C17H18ClN3O2. The number of halogens is 1. The average Bonchev–Trinajstić information content (AvgIpc) is 2.52. The Labute approximate surface area is 140 Å². The van der Waals surface area contributed by atoms with Crippen molar-refractivity contribution in [3.63, 3.8) is 0 Å². The molecule has 2 rings (SSSR count). The number of hydrogen-bond acceptors (Lipinski definition) is 2. The van der Waals surface area contributed by atoms with E-state index in [1.807, 2.05) is 31.2 Å². The van der Waals surface area contributed by atoms with Crippen molar-refractivity contribution in [1.29, 1.82) is 0 Å². The molecule has 0 aliphatic rings. The van der Waals surface area contributed by atoms with Crippen molar-refractivity contribution < 1.29 is 9.59 Å². The Hall–Kier alpha value is -2.53. The molecule has 120 valence electrons. The molecule has 0 radical (unpaired) electrons. The molecule has 3 amide bonds. The van der Waals surface area contributed by atoms with Crippen LogP contribution in [0.25, 0.3) is 0 Å². The van der Waals surface area contributed by atoms with Crippen LogP contribution >= 0.6 is 11.6 Å². The van der Waals surface area contributed by atoms with Crippen LogP contribution in [0, 0.1) is 6.92 Å². The molecule has 0 atom stereocenters. The molecule has 0 aliphatic carbocycles. The van der Waals surface area contributed by atoms with Crippen LogP contribution in [-0.2, 0) is 11.3 Å². The van der Waals surface area contributed by atoms with E-state index in [0.29, 0.717) is 17.3 Å². The molecule has 2 aromatic carbocycles. The smallest absolute Gasteiger partial charge is 0.315 e. The standard InChI is InChI=1S/C17H18ClN3O2/c1-12-5-7-13(8-6-12)10-19-17(23)20-11-16(22)21-15-4-2-3-14(18)9-15/h2-9H,10-11H2,1H3,(H,21,22)(H2,19,20,23). The first-order valence-corrected chi connectivity index (χ1v) is 7.53. The molecule has 0 heterocycles. The van der Waals surface area contributed by atoms with Crippen LogP contribution in [0.1, 0.15) is 11.1 Å². The van der Waals surface area contributed by atoms with E-state index in [2.05, 4.69) is 16.0 Å². The monoisotopic (exact) mass is 331 g/mol. The van der Waals surface area contributed by atoms with Crippen molar-refractivity contribution in [2.45, 2.75) is 13.5 Å². The van der Waals surface area contributed by atoms with Gasteiger partial charge in [0.25, 0.3) is 0 Å². The lowest BCUT2D eigenvalue weighted by atomic mass is 10.1. The third-order valence-electron chi connectivity index (χ3n) is 3.09.